The molecule has 3 aromatic rings. The molecule has 1 aliphatic heterocycles. The quantitative estimate of drug-likeness (QED) is 0.374. The van der Waals surface area contributed by atoms with Crippen LogP contribution in [0.1, 0.15) is 65.5 Å². The predicted molar refractivity (Wildman–Crippen MR) is 150 cm³/mol. The van der Waals surface area contributed by atoms with E-state index < -0.39 is 17.4 Å². The van der Waals surface area contributed by atoms with Gasteiger partial charge in [-0.05, 0) is 62.6 Å². The first-order valence-electron chi connectivity index (χ1n) is 13.4. The third-order valence-electron chi connectivity index (χ3n) is 6.69. The second kappa shape index (κ2) is 12.2. The number of carbonyl (C=O) groups excluding carboxylic acids is 4. The van der Waals surface area contributed by atoms with Gasteiger partial charge < -0.3 is 10.2 Å². The topological polar surface area (TPSA) is 86.8 Å². The number of nitrogens with zero attached hydrogens (tertiary/aromatic N) is 2. The van der Waals surface area contributed by atoms with Gasteiger partial charge >= 0.3 is 0 Å². The van der Waals surface area contributed by atoms with Crippen LogP contribution in [0.15, 0.2) is 78.9 Å². The summed E-state index contributed by atoms with van der Waals surface area (Å²) in [5, 5.41) is 3.00. The van der Waals surface area contributed by atoms with Gasteiger partial charge in [0.1, 0.15) is 11.9 Å². The van der Waals surface area contributed by atoms with Crippen LogP contribution in [0.2, 0.25) is 0 Å². The number of carbonyl (C=O) groups is 4. The summed E-state index contributed by atoms with van der Waals surface area (Å²) in [5.74, 6) is -1.74. The van der Waals surface area contributed by atoms with Crippen molar-refractivity contribution in [3.05, 3.63) is 107 Å². The molecule has 0 aliphatic carbocycles. The highest BCUT2D eigenvalue weighted by molar-refractivity contribution is 6.21. The maximum atomic E-state index is 13.8. The van der Waals surface area contributed by atoms with Crippen LogP contribution in [0.25, 0.3) is 0 Å². The highest BCUT2D eigenvalue weighted by Crippen LogP contribution is 2.23. The van der Waals surface area contributed by atoms with Gasteiger partial charge in [0.2, 0.25) is 11.8 Å². The van der Waals surface area contributed by atoms with E-state index in [0.29, 0.717) is 16.7 Å². The zero-order chi connectivity index (χ0) is 28.9. The molecule has 1 heterocycles. The summed E-state index contributed by atoms with van der Waals surface area (Å²) in [4.78, 5) is 55.5. The maximum Gasteiger partial charge on any atom is 0.261 e. The molecule has 0 aromatic heterocycles. The van der Waals surface area contributed by atoms with Crippen molar-refractivity contribution in [1.29, 1.82) is 0 Å². The lowest BCUT2D eigenvalue weighted by atomic mass is 10.00. The second-order valence-electron chi connectivity index (χ2n) is 11.0. The van der Waals surface area contributed by atoms with Crippen LogP contribution in [0, 0.1) is 5.82 Å². The number of hydrogen-bond acceptors (Lipinski definition) is 4. The fourth-order valence-electron chi connectivity index (χ4n) is 4.77. The first-order valence-corrected chi connectivity index (χ1v) is 13.4. The Morgan fingerprint density at radius 1 is 0.850 bits per heavy atom. The van der Waals surface area contributed by atoms with Crippen molar-refractivity contribution in [2.24, 2.45) is 0 Å². The van der Waals surface area contributed by atoms with Crippen LogP contribution in [-0.2, 0) is 22.6 Å². The van der Waals surface area contributed by atoms with Gasteiger partial charge in [-0.15, -0.1) is 0 Å². The van der Waals surface area contributed by atoms with Gasteiger partial charge in [0, 0.05) is 31.5 Å². The monoisotopic (exact) mass is 543 g/mol. The summed E-state index contributed by atoms with van der Waals surface area (Å²) >= 11 is 0. The Morgan fingerprint density at radius 2 is 1.43 bits per heavy atom. The van der Waals surface area contributed by atoms with Gasteiger partial charge in [0.25, 0.3) is 11.8 Å². The highest BCUT2D eigenvalue weighted by atomic mass is 19.1. The number of halogens is 1. The second-order valence-corrected chi connectivity index (χ2v) is 11.0. The van der Waals surface area contributed by atoms with Gasteiger partial charge in [0.15, 0.2) is 0 Å². The first-order chi connectivity index (χ1) is 19.0. The molecular formula is C32H34FN3O4. The minimum absolute atomic E-state index is 0.0166. The Morgan fingerprint density at radius 3 is 2.00 bits per heavy atom. The van der Waals surface area contributed by atoms with Crippen LogP contribution < -0.4 is 5.32 Å². The average molecular weight is 544 g/mol. The zero-order valence-electron chi connectivity index (χ0n) is 23.0. The van der Waals surface area contributed by atoms with E-state index in [0.717, 1.165) is 10.5 Å². The summed E-state index contributed by atoms with van der Waals surface area (Å²) in [6.07, 6.45) is 0.542. The Bertz CT molecular complexity index is 1350. The molecule has 0 unspecified atom stereocenters. The van der Waals surface area contributed by atoms with Gasteiger partial charge in [0.05, 0.1) is 11.1 Å². The number of benzene rings is 3. The van der Waals surface area contributed by atoms with Gasteiger partial charge in [-0.25, -0.2) is 4.39 Å². The normalized spacial score (nSPS) is 13.7. The van der Waals surface area contributed by atoms with E-state index in [1.54, 1.807) is 36.4 Å². The molecule has 0 bridgehead atoms. The molecule has 0 fully saturated rings. The molecule has 40 heavy (non-hydrogen) atoms. The third kappa shape index (κ3) is 7.00. The SMILES string of the molecule is CC(C)(C)NC(=O)[C@H](Cc1ccccc1)N(Cc1ccc(F)cc1)C(=O)CCCN1C(=O)c2ccccc2C1=O. The van der Waals surface area contributed by atoms with Crippen molar-refractivity contribution in [2.75, 3.05) is 6.54 Å². The molecule has 4 amide bonds. The van der Waals surface area contributed by atoms with Crippen LogP contribution in [0.5, 0.6) is 0 Å². The molecule has 7 nitrogen and oxygen atoms in total. The Hall–Kier alpha value is -4.33. The lowest BCUT2D eigenvalue weighted by molar-refractivity contribution is -0.142. The fourth-order valence-corrected chi connectivity index (χ4v) is 4.77. The van der Waals surface area contributed by atoms with E-state index in [1.165, 1.54) is 17.0 Å². The van der Waals surface area contributed by atoms with Crippen molar-refractivity contribution >= 4 is 23.6 Å². The summed E-state index contributed by atoms with van der Waals surface area (Å²) < 4.78 is 13.6. The number of fused-ring (bicyclic) bond motifs is 1. The van der Waals surface area contributed by atoms with Crippen molar-refractivity contribution in [2.45, 2.75) is 58.2 Å². The minimum atomic E-state index is -0.835. The van der Waals surface area contributed by atoms with Crippen molar-refractivity contribution in [3.8, 4) is 0 Å². The maximum absolute atomic E-state index is 13.8. The Kier molecular flexibility index (Phi) is 8.77. The molecular weight excluding hydrogens is 509 g/mol. The van der Waals surface area contributed by atoms with Crippen LogP contribution in [-0.4, -0.2) is 51.6 Å². The molecule has 1 aliphatic rings. The standard InChI is InChI=1S/C32H34FN3O4/c1-32(2,3)34-29(38)27(20-22-10-5-4-6-11-22)36(21-23-15-17-24(33)18-16-23)28(37)14-9-19-35-30(39)25-12-7-8-13-26(25)31(35)40/h4-8,10-13,15-18,27H,9,14,19-21H2,1-3H3,(H,34,38)/t27-/m0/s1. The molecule has 0 saturated heterocycles. The summed E-state index contributed by atoms with van der Waals surface area (Å²) in [6, 6.07) is 21.1. The molecule has 8 heteroatoms. The van der Waals surface area contributed by atoms with Crippen LogP contribution in [0.3, 0.4) is 0 Å². The molecule has 3 aromatic carbocycles. The number of rotatable bonds is 10. The molecule has 4 rings (SSSR count). The highest BCUT2D eigenvalue weighted by Gasteiger charge is 2.36. The van der Waals surface area contributed by atoms with Crippen LogP contribution >= 0.6 is 0 Å². The summed E-state index contributed by atoms with van der Waals surface area (Å²) in [5.41, 5.74) is 1.76. The molecule has 0 spiro atoms. The largest absolute Gasteiger partial charge is 0.350 e. The van der Waals surface area contributed by atoms with E-state index >= 15 is 0 Å². The molecule has 1 N–H and O–H groups in total. The Balaban J connectivity index is 1.55. The van der Waals surface area contributed by atoms with E-state index in [1.807, 2.05) is 51.1 Å². The zero-order valence-corrected chi connectivity index (χ0v) is 23.0. The molecule has 208 valence electrons. The number of nitrogens with one attached hydrogen (secondary N) is 1. The molecule has 1 atom stereocenters. The van der Waals surface area contributed by atoms with Crippen molar-refractivity contribution < 1.29 is 23.6 Å². The Labute approximate surface area is 234 Å². The van der Waals surface area contributed by atoms with Crippen molar-refractivity contribution in [1.82, 2.24) is 15.1 Å². The third-order valence-corrected chi connectivity index (χ3v) is 6.69. The number of hydrogen-bond donors (Lipinski definition) is 1. The number of amides is 4. The van der Waals surface area contributed by atoms with Crippen molar-refractivity contribution in [3.63, 3.8) is 0 Å². The van der Waals surface area contributed by atoms with Gasteiger partial charge in [-0.3, -0.25) is 24.1 Å². The number of imide groups is 1. The lowest BCUT2D eigenvalue weighted by Crippen LogP contribution is -2.54. The lowest BCUT2D eigenvalue weighted by Gasteiger charge is -2.34. The first kappa shape index (κ1) is 28.7. The minimum Gasteiger partial charge on any atom is -0.350 e. The smallest absolute Gasteiger partial charge is 0.261 e. The van der Waals surface area contributed by atoms with E-state index in [-0.39, 0.29) is 56.0 Å². The van der Waals surface area contributed by atoms with Gasteiger partial charge in [-0.1, -0.05) is 54.6 Å². The molecule has 0 saturated carbocycles. The van der Waals surface area contributed by atoms with E-state index in [4.69, 9.17) is 0 Å². The van der Waals surface area contributed by atoms with E-state index in [9.17, 15) is 23.6 Å². The fraction of sp³-hybridized carbons (Fsp3) is 0.312. The van der Waals surface area contributed by atoms with E-state index in [2.05, 4.69) is 5.32 Å². The average Bonchev–Trinajstić information content (AvgIpc) is 3.16. The summed E-state index contributed by atoms with van der Waals surface area (Å²) in [7, 11) is 0. The van der Waals surface area contributed by atoms with Crippen LogP contribution in [0.4, 0.5) is 4.39 Å². The molecule has 0 radical (unpaired) electrons. The van der Waals surface area contributed by atoms with Gasteiger partial charge in [-0.2, -0.15) is 0 Å². The summed E-state index contributed by atoms with van der Waals surface area (Å²) in [6.45, 7) is 5.80. The predicted octanol–water partition coefficient (Wildman–Crippen LogP) is 4.76.